The molecule has 0 bridgehead atoms. The largest absolute Gasteiger partial charge is 0.335 e. The van der Waals surface area contributed by atoms with Gasteiger partial charge in [-0.05, 0) is 166 Å². The molecule has 1 saturated carbocycles. The first-order valence-corrected chi connectivity index (χ1v) is 27.9. The van der Waals surface area contributed by atoms with Gasteiger partial charge in [0, 0.05) is 61.8 Å². The fraction of sp³-hybridized carbons (Fsp3) is 0.314. The second kappa shape index (κ2) is 16.5. The summed E-state index contributed by atoms with van der Waals surface area (Å²) in [5, 5.41) is 2.52. The van der Waals surface area contributed by atoms with E-state index in [1.165, 1.54) is 137 Å². The third kappa shape index (κ3) is 7.23. The van der Waals surface area contributed by atoms with Gasteiger partial charge in [-0.1, -0.05) is 179 Å². The molecule has 75 heavy (non-hydrogen) atoms. The SMILES string of the molecule is Cc1cc(C(C)(C)C)ccc1N1c2ccc(C(C)(C)C)cc2B2c3ccc(N4c5ccccc5CC5(C)CCCCC45C)cc3N(c3ccc(C(C)(C)C)cc3)c3cc(-n4c5ccccc5c5ccccc54)cc1c32. The summed E-state index contributed by atoms with van der Waals surface area (Å²) >= 11 is 0. The number of aromatic nitrogens is 1. The molecule has 4 heterocycles. The third-order valence-corrected chi connectivity index (χ3v) is 18.5. The van der Waals surface area contributed by atoms with Crippen LogP contribution in [0.2, 0.25) is 0 Å². The summed E-state index contributed by atoms with van der Waals surface area (Å²) in [5.41, 5.74) is 24.3. The van der Waals surface area contributed by atoms with E-state index in [-0.39, 0.29) is 33.9 Å². The van der Waals surface area contributed by atoms with Gasteiger partial charge in [-0.2, -0.15) is 0 Å². The van der Waals surface area contributed by atoms with Crippen LogP contribution in [0.5, 0.6) is 0 Å². The van der Waals surface area contributed by atoms with E-state index in [1.807, 2.05) is 0 Å². The quantitative estimate of drug-likeness (QED) is 0.163. The average molecular weight is 981 g/mol. The van der Waals surface area contributed by atoms with Gasteiger partial charge < -0.3 is 19.3 Å². The van der Waals surface area contributed by atoms with Crippen molar-refractivity contribution in [3.05, 3.63) is 192 Å². The van der Waals surface area contributed by atoms with Crippen LogP contribution < -0.4 is 31.1 Å². The predicted octanol–water partition coefficient (Wildman–Crippen LogP) is 17.1. The van der Waals surface area contributed by atoms with Crippen molar-refractivity contribution in [3.8, 4) is 5.69 Å². The van der Waals surface area contributed by atoms with Crippen LogP contribution >= 0.6 is 0 Å². The zero-order chi connectivity index (χ0) is 52.1. The van der Waals surface area contributed by atoms with Crippen LogP contribution in [0.25, 0.3) is 27.5 Å². The minimum absolute atomic E-state index is 0.00529. The predicted molar refractivity (Wildman–Crippen MR) is 323 cm³/mol. The second-order valence-corrected chi connectivity index (χ2v) is 26.4. The highest BCUT2D eigenvalue weighted by atomic mass is 15.2. The van der Waals surface area contributed by atoms with Gasteiger partial charge in [0.05, 0.1) is 16.7 Å². The zero-order valence-corrected chi connectivity index (χ0v) is 46.5. The fourth-order valence-electron chi connectivity index (χ4n) is 14.1. The molecule has 3 aliphatic heterocycles. The smallest absolute Gasteiger partial charge is 0.252 e. The molecule has 5 heteroatoms. The van der Waals surface area contributed by atoms with E-state index in [0.717, 1.165) is 12.1 Å². The number of benzene rings is 8. The molecule has 1 fully saturated rings. The first-order chi connectivity index (χ1) is 35.7. The summed E-state index contributed by atoms with van der Waals surface area (Å²) < 4.78 is 2.53. The fourth-order valence-corrected chi connectivity index (χ4v) is 14.1. The summed E-state index contributed by atoms with van der Waals surface area (Å²) in [6, 6.07) is 64.1. The normalized spacial score (nSPS) is 19.2. The number of anilines is 8. The molecule has 8 aromatic carbocycles. The van der Waals surface area contributed by atoms with E-state index in [2.05, 4.69) is 266 Å². The Hall–Kier alpha value is -6.98. The Morgan fingerprint density at radius 2 is 0.987 bits per heavy atom. The highest BCUT2D eigenvalue weighted by Gasteiger charge is 2.54. The molecule has 4 aliphatic rings. The molecule has 9 aromatic rings. The number of para-hydroxylation sites is 3. The maximum atomic E-state index is 2.79. The maximum absolute atomic E-state index is 2.79. The highest BCUT2D eigenvalue weighted by Crippen LogP contribution is 2.58. The van der Waals surface area contributed by atoms with Crippen molar-refractivity contribution in [2.24, 2.45) is 5.41 Å². The molecule has 0 amide bonds. The number of rotatable bonds is 4. The van der Waals surface area contributed by atoms with E-state index in [4.69, 9.17) is 0 Å². The lowest BCUT2D eigenvalue weighted by molar-refractivity contribution is 0.0863. The molecular formula is C70H73BN4. The van der Waals surface area contributed by atoms with Gasteiger partial charge in [0.15, 0.2) is 0 Å². The minimum Gasteiger partial charge on any atom is -0.335 e. The van der Waals surface area contributed by atoms with E-state index >= 15 is 0 Å². The number of fused-ring (bicyclic) bond motifs is 9. The molecule has 0 saturated heterocycles. The van der Waals surface area contributed by atoms with Crippen molar-refractivity contribution >= 4 is 90.4 Å². The summed E-state index contributed by atoms with van der Waals surface area (Å²) in [7, 11) is 0. The summed E-state index contributed by atoms with van der Waals surface area (Å²) in [4.78, 5) is 8.08. The topological polar surface area (TPSA) is 14.7 Å². The van der Waals surface area contributed by atoms with Crippen LogP contribution in [-0.2, 0) is 22.7 Å². The van der Waals surface area contributed by atoms with Crippen LogP contribution in [0.1, 0.15) is 130 Å². The van der Waals surface area contributed by atoms with Crippen molar-refractivity contribution < 1.29 is 0 Å². The van der Waals surface area contributed by atoms with Crippen molar-refractivity contribution in [2.45, 2.75) is 137 Å². The van der Waals surface area contributed by atoms with Gasteiger partial charge in [0.1, 0.15) is 0 Å². The monoisotopic (exact) mass is 981 g/mol. The van der Waals surface area contributed by atoms with Crippen molar-refractivity contribution in [1.29, 1.82) is 0 Å². The van der Waals surface area contributed by atoms with E-state index in [0.29, 0.717) is 0 Å². The minimum atomic E-state index is -0.0591. The maximum Gasteiger partial charge on any atom is 0.252 e. The van der Waals surface area contributed by atoms with Gasteiger partial charge in [-0.25, -0.2) is 0 Å². The van der Waals surface area contributed by atoms with Gasteiger partial charge in [-0.15, -0.1) is 0 Å². The number of hydrogen-bond acceptors (Lipinski definition) is 3. The molecule has 1 aromatic heterocycles. The van der Waals surface area contributed by atoms with E-state index in [1.54, 1.807) is 0 Å². The van der Waals surface area contributed by atoms with Crippen molar-refractivity contribution in [2.75, 3.05) is 14.7 Å². The molecule has 2 atom stereocenters. The lowest BCUT2D eigenvalue weighted by atomic mass is 9.33. The lowest BCUT2D eigenvalue weighted by Gasteiger charge is -2.60. The zero-order valence-electron chi connectivity index (χ0n) is 46.5. The van der Waals surface area contributed by atoms with Crippen LogP contribution in [0.3, 0.4) is 0 Å². The Labute approximate surface area is 447 Å². The van der Waals surface area contributed by atoms with Crippen LogP contribution in [-0.4, -0.2) is 16.8 Å². The summed E-state index contributed by atoms with van der Waals surface area (Å²) in [6.45, 7) is 28.5. The molecule has 4 nitrogen and oxygen atoms in total. The van der Waals surface area contributed by atoms with Gasteiger partial charge in [0.25, 0.3) is 6.71 Å². The van der Waals surface area contributed by atoms with E-state index < -0.39 is 0 Å². The Balaban J connectivity index is 1.16. The first kappa shape index (κ1) is 47.7. The van der Waals surface area contributed by atoms with Gasteiger partial charge >= 0.3 is 0 Å². The Bertz CT molecular complexity index is 3730. The number of hydrogen-bond donors (Lipinski definition) is 0. The Kier molecular flexibility index (Phi) is 10.5. The van der Waals surface area contributed by atoms with Gasteiger partial charge in [0.2, 0.25) is 0 Å². The lowest BCUT2D eigenvalue weighted by Crippen LogP contribution is -2.62. The molecule has 0 N–H and O–H groups in total. The molecular weight excluding hydrogens is 908 g/mol. The van der Waals surface area contributed by atoms with Crippen LogP contribution in [0, 0.1) is 12.3 Å². The standard InChI is InChI=1S/C70H73BN4/c1-45-39-48(67(5,6)7)29-35-57(45)74-61-36-30-49(68(8,9)10)40-56(61)71-55-34-33-51(75-58-24-16-13-21-46(58)44-69(11)37-19-20-38-70(69,75)12)41-62(55)72(50-31-27-47(28-32-50)66(2,3)4)63-42-52(43-64(74)65(63)71)73-59-25-17-14-22-53(59)54-23-15-18-26-60(54)73/h13-18,21-36,39-43H,19-20,37-38,44H2,1-12H3. The Morgan fingerprint density at radius 1 is 0.440 bits per heavy atom. The first-order valence-electron chi connectivity index (χ1n) is 27.9. The number of aryl methyl sites for hydroxylation is 1. The average Bonchev–Trinajstić information content (AvgIpc) is 3.74. The third-order valence-electron chi connectivity index (χ3n) is 18.5. The second-order valence-electron chi connectivity index (χ2n) is 26.4. The van der Waals surface area contributed by atoms with Gasteiger partial charge in [-0.3, -0.25) is 0 Å². The Morgan fingerprint density at radius 3 is 1.64 bits per heavy atom. The summed E-state index contributed by atoms with van der Waals surface area (Å²) in [5.74, 6) is 0. The van der Waals surface area contributed by atoms with Crippen molar-refractivity contribution in [1.82, 2.24) is 4.57 Å². The molecule has 13 rings (SSSR count). The van der Waals surface area contributed by atoms with E-state index in [9.17, 15) is 0 Å². The number of nitrogens with zero attached hydrogens (tertiary/aromatic N) is 4. The molecule has 376 valence electrons. The van der Waals surface area contributed by atoms with Crippen LogP contribution in [0.15, 0.2) is 164 Å². The summed E-state index contributed by atoms with van der Waals surface area (Å²) in [6.07, 6.45) is 6.04. The molecule has 0 radical (unpaired) electrons. The van der Waals surface area contributed by atoms with Crippen LogP contribution in [0.4, 0.5) is 45.5 Å². The molecule has 1 aliphatic carbocycles. The van der Waals surface area contributed by atoms with Crippen molar-refractivity contribution in [3.63, 3.8) is 0 Å². The highest BCUT2D eigenvalue weighted by molar-refractivity contribution is 7.00. The molecule has 0 spiro atoms. The molecule has 2 unspecified atom stereocenters.